The van der Waals surface area contributed by atoms with E-state index in [0.29, 0.717) is 26.4 Å². The topological polar surface area (TPSA) is 69.9 Å². The molecule has 1 aliphatic heterocycles. The van der Waals surface area contributed by atoms with Crippen molar-refractivity contribution < 1.29 is 14.3 Å². The van der Waals surface area contributed by atoms with Crippen molar-refractivity contribution in [2.24, 2.45) is 4.99 Å². The summed E-state index contributed by atoms with van der Waals surface area (Å²) in [6.45, 7) is 3.75. The minimum atomic E-state index is -0.756. The standard InChI is InChI=1S/C28H23BrN2O4S/c1-4-35-27(33)23-16(2)30-28-31(26(32)22(36-28)15-17-9-12-19(29)13-10-17)25(23)24-20-8-6-5-7-18(20)11-14-21(24)34-3/h5-15,25H,4H2,1-3H3/b22-15-/t25-/m0/s1. The van der Waals surface area contributed by atoms with E-state index in [1.165, 1.54) is 11.3 Å². The van der Waals surface area contributed by atoms with E-state index >= 15 is 0 Å². The molecule has 4 aromatic rings. The van der Waals surface area contributed by atoms with E-state index in [1.54, 1.807) is 25.5 Å². The van der Waals surface area contributed by atoms with Crippen LogP contribution in [0.15, 0.2) is 86.2 Å². The molecule has 0 radical (unpaired) electrons. The van der Waals surface area contributed by atoms with Gasteiger partial charge in [0, 0.05) is 10.0 Å². The molecule has 0 amide bonds. The lowest BCUT2D eigenvalue weighted by Crippen LogP contribution is -2.40. The fourth-order valence-corrected chi connectivity index (χ4v) is 5.82. The normalized spacial score (nSPS) is 15.6. The maximum Gasteiger partial charge on any atom is 0.338 e. The van der Waals surface area contributed by atoms with E-state index in [4.69, 9.17) is 9.47 Å². The van der Waals surface area contributed by atoms with E-state index < -0.39 is 12.0 Å². The van der Waals surface area contributed by atoms with Crippen LogP contribution in [0.3, 0.4) is 0 Å². The summed E-state index contributed by atoms with van der Waals surface area (Å²) >= 11 is 4.74. The molecule has 0 unspecified atom stereocenters. The Morgan fingerprint density at radius 1 is 1.14 bits per heavy atom. The SMILES string of the molecule is CCOC(=O)C1=C(C)N=c2s/c(=C\c3ccc(Br)cc3)c(=O)n2[C@@H]1c1c(OC)ccc2ccccc12. The van der Waals surface area contributed by atoms with Crippen LogP contribution in [0.2, 0.25) is 0 Å². The van der Waals surface area contributed by atoms with Gasteiger partial charge in [-0.25, -0.2) is 9.79 Å². The molecule has 1 atom stereocenters. The highest BCUT2D eigenvalue weighted by molar-refractivity contribution is 9.10. The molecule has 3 aromatic carbocycles. The molecule has 0 saturated heterocycles. The average molecular weight is 563 g/mol. The largest absolute Gasteiger partial charge is 0.496 e. The first-order chi connectivity index (χ1) is 17.4. The van der Waals surface area contributed by atoms with Crippen molar-refractivity contribution in [2.75, 3.05) is 13.7 Å². The van der Waals surface area contributed by atoms with Crippen molar-refractivity contribution in [1.29, 1.82) is 0 Å². The van der Waals surface area contributed by atoms with Crippen molar-refractivity contribution >= 4 is 50.1 Å². The number of ether oxygens (including phenoxy) is 2. The number of nitrogens with zero attached hydrogens (tertiary/aromatic N) is 2. The Morgan fingerprint density at radius 2 is 1.89 bits per heavy atom. The van der Waals surface area contributed by atoms with Crippen LogP contribution in [0.4, 0.5) is 0 Å². The summed E-state index contributed by atoms with van der Waals surface area (Å²) in [5.41, 5.74) is 2.24. The molecule has 1 aliphatic rings. The third kappa shape index (κ3) is 4.20. The summed E-state index contributed by atoms with van der Waals surface area (Å²) < 4.78 is 14.3. The molecule has 0 spiro atoms. The third-order valence-corrected chi connectivity index (χ3v) is 7.62. The van der Waals surface area contributed by atoms with Gasteiger partial charge in [0.05, 0.1) is 29.5 Å². The van der Waals surface area contributed by atoms with Gasteiger partial charge in [-0.3, -0.25) is 9.36 Å². The first kappa shape index (κ1) is 24.2. The average Bonchev–Trinajstić information content (AvgIpc) is 3.18. The van der Waals surface area contributed by atoms with Crippen molar-refractivity contribution in [1.82, 2.24) is 4.57 Å². The van der Waals surface area contributed by atoms with Crippen molar-refractivity contribution in [3.8, 4) is 5.75 Å². The van der Waals surface area contributed by atoms with Gasteiger partial charge in [0.25, 0.3) is 5.56 Å². The van der Waals surface area contributed by atoms with Crippen LogP contribution < -0.4 is 19.6 Å². The number of aromatic nitrogens is 1. The van der Waals surface area contributed by atoms with Crippen LogP contribution in [0.1, 0.15) is 31.0 Å². The lowest BCUT2D eigenvalue weighted by molar-refractivity contribution is -0.139. The minimum Gasteiger partial charge on any atom is -0.496 e. The number of hydrogen-bond acceptors (Lipinski definition) is 6. The molecule has 0 saturated carbocycles. The maximum atomic E-state index is 13.9. The van der Waals surface area contributed by atoms with E-state index in [-0.39, 0.29) is 12.2 Å². The summed E-state index contributed by atoms with van der Waals surface area (Å²) in [6, 6.07) is 18.7. The van der Waals surface area contributed by atoms with E-state index in [2.05, 4.69) is 20.9 Å². The Kier molecular flexibility index (Phi) is 6.64. The smallest absolute Gasteiger partial charge is 0.338 e. The zero-order chi connectivity index (χ0) is 25.4. The van der Waals surface area contributed by atoms with Gasteiger partial charge < -0.3 is 9.47 Å². The molecular formula is C28H23BrN2O4S. The van der Waals surface area contributed by atoms with Crippen LogP contribution in [-0.2, 0) is 9.53 Å². The molecule has 6 nitrogen and oxygen atoms in total. The second-order valence-corrected chi connectivity index (χ2v) is 10.2. The molecular weight excluding hydrogens is 540 g/mol. The Morgan fingerprint density at radius 3 is 2.61 bits per heavy atom. The molecule has 0 fully saturated rings. The molecule has 0 bridgehead atoms. The van der Waals surface area contributed by atoms with Gasteiger partial charge in [0.1, 0.15) is 11.8 Å². The number of fused-ring (bicyclic) bond motifs is 2. The summed E-state index contributed by atoms with van der Waals surface area (Å²) in [5, 5.41) is 1.86. The number of rotatable bonds is 5. The number of carbonyl (C=O) groups excluding carboxylic acids is 1. The number of benzene rings is 3. The van der Waals surface area contributed by atoms with Crippen molar-refractivity contribution in [3.05, 3.63) is 107 Å². The lowest BCUT2D eigenvalue weighted by atomic mass is 9.90. The molecule has 0 N–H and O–H groups in total. The first-order valence-corrected chi connectivity index (χ1v) is 13.0. The fraction of sp³-hybridized carbons (Fsp3) is 0.179. The van der Waals surface area contributed by atoms with Crippen LogP contribution in [0.5, 0.6) is 5.75 Å². The highest BCUT2D eigenvalue weighted by atomic mass is 79.9. The van der Waals surface area contributed by atoms with Crippen LogP contribution >= 0.6 is 27.3 Å². The predicted octanol–water partition coefficient (Wildman–Crippen LogP) is 4.72. The molecule has 1 aromatic heterocycles. The van der Waals surface area contributed by atoms with Crippen LogP contribution in [-0.4, -0.2) is 24.3 Å². The summed E-state index contributed by atoms with van der Waals surface area (Å²) in [4.78, 5) is 32.4. The second-order valence-electron chi connectivity index (χ2n) is 8.26. The maximum absolute atomic E-state index is 13.9. The highest BCUT2D eigenvalue weighted by Crippen LogP contribution is 2.40. The minimum absolute atomic E-state index is 0.211. The quantitative estimate of drug-likeness (QED) is 0.330. The van der Waals surface area contributed by atoms with Gasteiger partial charge in [-0.2, -0.15) is 0 Å². The molecule has 2 heterocycles. The van der Waals surface area contributed by atoms with Gasteiger partial charge in [-0.15, -0.1) is 0 Å². The number of halogens is 1. The Labute approximate surface area is 220 Å². The molecule has 0 aliphatic carbocycles. The lowest BCUT2D eigenvalue weighted by Gasteiger charge is -2.27. The molecule has 8 heteroatoms. The van der Waals surface area contributed by atoms with E-state index in [9.17, 15) is 9.59 Å². The zero-order valence-electron chi connectivity index (χ0n) is 19.9. The van der Waals surface area contributed by atoms with Crippen LogP contribution in [0, 0.1) is 0 Å². The van der Waals surface area contributed by atoms with Gasteiger partial charge in [-0.1, -0.05) is 69.7 Å². The van der Waals surface area contributed by atoms with E-state index in [0.717, 1.165) is 26.4 Å². The van der Waals surface area contributed by atoms with Gasteiger partial charge in [-0.05, 0) is 54.5 Å². The number of thiazole rings is 1. The number of carbonyl (C=O) groups is 1. The van der Waals surface area contributed by atoms with Crippen molar-refractivity contribution in [3.63, 3.8) is 0 Å². The summed E-state index contributed by atoms with van der Waals surface area (Å²) in [5.74, 6) is 0.0821. The number of allylic oxidation sites excluding steroid dienone is 1. The zero-order valence-corrected chi connectivity index (χ0v) is 22.4. The number of methoxy groups -OCH3 is 1. The fourth-order valence-electron chi connectivity index (χ4n) is 4.51. The summed E-state index contributed by atoms with van der Waals surface area (Å²) in [6.07, 6.45) is 1.84. The van der Waals surface area contributed by atoms with Crippen molar-refractivity contribution in [2.45, 2.75) is 19.9 Å². The monoisotopic (exact) mass is 562 g/mol. The highest BCUT2D eigenvalue weighted by Gasteiger charge is 2.36. The third-order valence-electron chi connectivity index (χ3n) is 6.11. The Balaban J connectivity index is 1.84. The van der Waals surface area contributed by atoms with E-state index in [1.807, 2.05) is 66.7 Å². The van der Waals surface area contributed by atoms with Gasteiger partial charge >= 0.3 is 5.97 Å². The second kappa shape index (κ2) is 9.87. The Hall–Kier alpha value is -3.49. The summed E-state index contributed by atoms with van der Waals surface area (Å²) in [7, 11) is 1.59. The molecule has 5 rings (SSSR count). The Bertz CT molecular complexity index is 1700. The van der Waals surface area contributed by atoms with Gasteiger partial charge in [0.15, 0.2) is 4.80 Å². The number of hydrogen-bond donors (Lipinski definition) is 0. The van der Waals surface area contributed by atoms with Crippen LogP contribution in [0.25, 0.3) is 16.8 Å². The first-order valence-electron chi connectivity index (χ1n) is 11.4. The van der Waals surface area contributed by atoms with Gasteiger partial charge in [0.2, 0.25) is 0 Å². The molecule has 182 valence electrons. The predicted molar refractivity (Wildman–Crippen MR) is 145 cm³/mol. The number of esters is 1. The molecule has 36 heavy (non-hydrogen) atoms.